The van der Waals surface area contributed by atoms with Crippen LogP contribution in [0, 0.1) is 0 Å². The van der Waals surface area contributed by atoms with Crippen LogP contribution >= 0.6 is 0 Å². The molecule has 1 atom stereocenters. The summed E-state index contributed by atoms with van der Waals surface area (Å²) < 4.78 is 7.59. The second-order valence-electron chi connectivity index (χ2n) is 7.07. The maximum atomic E-state index is 12.6. The van der Waals surface area contributed by atoms with E-state index in [2.05, 4.69) is 5.32 Å². The summed E-state index contributed by atoms with van der Waals surface area (Å²) in [6.07, 6.45) is 4.52. The van der Waals surface area contributed by atoms with Crippen molar-refractivity contribution < 1.29 is 9.53 Å². The molecule has 30 heavy (non-hydrogen) atoms. The number of benzene rings is 2. The summed E-state index contributed by atoms with van der Waals surface area (Å²) in [6.45, 7) is 1.71. The second kappa shape index (κ2) is 9.73. The van der Waals surface area contributed by atoms with Crippen molar-refractivity contribution in [3.8, 4) is 11.4 Å². The van der Waals surface area contributed by atoms with E-state index < -0.39 is 11.1 Å². The standard InChI is InChI=1S/C23H25N3O4/c1-17(12-13-18-8-4-3-5-9-18)24-21(27)16-25-14-15-26(23(29)22(25)28)19-10-6-7-11-20(19)30-2/h3-11,14-15,17H,12-13,16H2,1-2H3,(H,24,27)/t17-/m0/s1. The Balaban J connectivity index is 1.66. The summed E-state index contributed by atoms with van der Waals surface area (Å²) in [4.78, 5) is 37.4. The Morgan fingerprint density at radius 2 is 1.70 bits per heavy atom. The molecule has 0 radical (unpaired) electrons. The molecule has 1 N–H and O–H groups in total. The van der Waals surface area contributed by atoms with Gasteiger partial charge in [0.15, 0.2) is 0 Å². The van der Waals surface area contributed by atoms with E-state index in [-0.39, 0.29) is 18.5 Å². The summed E-state index contributed by atoms with van der Waals surface area (Å²) in [5.41, 5.74) is 0.158. The van der Waals surface area contributed by atoms with E-state index in [0.717, 1.165) is 17.4 Å². The molecule has 156 valence electrons. The Kier molecular flexibility index (Phi) is 6.85. The summed E-state index contributed by atoms with van der Waals surface area (Å²) in [5.74, 6) is 0.161. The van der Waals surface area contributed by atoms with Gasteiger partial charge < -0.3 is 10.1 Å². The first kappa shape index (κ1) is 21.1. The van der Waals surface area contributed by atoms with Gasteiger partial charge in [-0.3, -0.25) is 23.5 Å². The third-order valence-electron chi connectivity index (χ3n) is 4.83. The van der Waals surface area contributed by atoms with Crippen molar-refractivity contribution in [2.75, 3.05) is 7.11 Å². The predicted octanol–water partition coefficient (Wildman–Crippen LogP) is 2.15. The molecule has 0 spiro atoms. The van der Waals surface area contributed by atoms with Crippen LogP contribution in [0.4, 0.5) is 0 Å². The topological polar surface area (TPSA) is 82.3 Å². The lowest BCUT2D eigenvalue weighted by Crippen LogP contribution is -2.43. The van der Waals surface area contributed by atoms with Crippen LogP contribution in [-0.2, 0) is 17.8 Å². The number of aromatic nitrogens is 2. The Labute approximate surface area is 174 Å². The van der Waals surface area contributed by atoms with Gasteiger partial charge in [0.2, 0.25) is 5.91 Å². The van der Waals surface area contributed by atoms with Crippen molar-refractivity contribution >= 4 is 5.91 Å². The summed E-state index contributed by atoms with van der Waals surface area (Å²) >= 11 is 0. The number of aryl methyl sites for hydroxylation is 1. The number of amides is 1. The van der Waals surface area contributed by atoms with Crippen molar-refractivity contribution in [1.29, 1.82) is 0 Å². The number of ether oxygens (including phenoxy) is 1. The summed E-state index contributed by atoms with van der Waals surface area (Å²) in [5, 5.41) is 2.88. The third-order valence-corrected chi connectivity index (χ3v) is 4.83. The first-order chi connectivity index (χ1) is 14.5. The number of methoxy groups -OCH3 is 1. The van der Waals surface area contributed by atoms with E-state index >= 15 is 0 Å². The van der Waals surface area contributed by atoms with Crippen molar-refractivity contribution in [1.82, 2.24) is 14.5 Å². The van der Waals surface area contributed by atoms with Crippen molar-refractivity contribution in [3.05, 3.63) is 93.3 Å². The molecule has 0 aliphatic rings. The van der Waals surface area contributed by atoms with Crippen LogP contribution in [0.1, 0.15) is 18.9 Å². The van der Waals surface area contributed by atoms with Crippen LogP contribution < -0.4 is 21.2 Å². The maximum absolute atomic E-state index is 12.6. The van der Waals surface area contributed by atoms with Gasteiger partial charge in [0.05, 0.1) is 12.8 Å². The molecular formula is C23H25N3O4. The highest BCUT2D eigenvalue weighted by atomic mass is 16.5. The average Bonchev–Trinajstić information content (AvgIpc) is 2.76. The number of nitrogens with one attached hydrogen (secondary N) is 1. The average molecular weight is 407 g/mol. The Hall–Kier alpha value is -3.61. The van der Waals surface area contributed by atoms with Crippen LogP contribution in [-0.4, -0.2) is 28.2 Å². The molecule has 1 heterocycles. The number of carbonyl (C=O) groups excluding carboxylic acids is 1. The van der Waals surface area contributed by atoms with Gasteiger partial charge in [-0.25, -0.2) is 0 Å². The zero-order chi connectivity index (χ0) is 21.5. The fourth-order valence-electron chi connectivity index (χ4n) is 3.23. The quantitative estimate of drug-likeness (QED) is 0.580. The minimum absolute atomic E-state index is 0.0534. The van der Waals surface area contributed by atoms with E-state index in [1.54, 1.807) is 24.3 Å². The van der Waals surface area contributed by atoms with Crippen LogP contribution in [0.3, 0.4) is 0 Å². The van der Waals surface area contributed by atoms with Gasteiger partial charge in [-0.2, -0.15) is 0 Å². The molecule has 1 amide bonds. The molecule has 0 saturated heterocycles. The zero-order valence-electron chi connectivity index (χ0n) is 17.1. The summed E-state index contributed by atoms with van der Waals surface area (Å²) in [6, 6.07) is 16.9. The first-order valence-electron chi connectivity index (χ1n) is 9.78. The molecule has 0 aliphatic heterocycles. The molecule has 3 rings (SSSR count). The van der Waals surface area contributed by atoms with Gasteiger partial charge >= 0.3 is 11.1 Å². The lowest BCUT2D eigenvalue weighted by molar-refractivity contribution is -0.122. The predicted molar refractivity (Wildman–Crippen MR) is 115 cm³/mol. The molecular weight excluding hydrogens is 382 g/mol. The Morgan fingerprint density at radius 1 is 1.00 bits per heavy atom. The number of nitrogens with zero attached hydrogens (tertiary/aromatic N) is 2. The molecule has 0 aliphatic carbocycles. The highest BCUT2D eigenvalue weighted by molar-refractivity contribution is 5.76. The molecule has 0 unspecified atom stereocenters. The van der Waals surface area contributed by atoms with Crippen LogP contribution in [0.15, 0.2) is 76.6 Å². The lowest BCUT2D eigenvalue weighted by Gasteiger charge is -2.15. The molecule has 0 bridgehead atoms. The van der Waals surface area contributed by atoms with Crippen LogP contribution in [0.5, 0.6) is 5.75 Å². The smallest absolute Gasteiger partial charge is 0.321 e. The van der Waals surface area contributed by atoms with Gasteiger partial charge in [-0.15, -0.1) is 0 Å². The van der Waals surface area contributed by atoms with Crippen LogP contribution in [0.2, 0.25) is 0 Å². The van der Waals surface area contributed by atoms with E-state index in [9.17, 15) is 14.4 Å². The van der Waals surface area contributed by atoms with E-state index in [1.165, 1.54) is 29.6 Å². The normalized spacial score (nSPS) is 11.7. The number of para-hydroxylation sites is 2. The van der Waals surface area contributed by atoms with Crippen molar-refractivity contribution in [2.24, 2.45) is 0 Å². The SMILES string of the molecule is COc1ccccc1-n1ccn(CC(=O)N[C@@H](C)CCc2ccccc2)c(=O)c1=O. The van der Waals surface area contributed by atoms with E-state index in [4.69, 9.17) is 4.74 Å². The highest BCUT2D eigenvalue weighted by Crippen LogP contribution is 2.19. The van der Waals surface area contributed by atoms with Gasteiger partial charge in [-0.1, -0.05) is 42.5 Å². The molecule has 3 aromatic rings. The number of rotatable bonds is 8. The van der Waals surface area contributed by atoms with Crippen molar-refractivity contribution in [2.45, 2.75) is 32.4 Å². The second-order valence-corrected chi connectivity index (χ2v) is 7.07. The molecule has 0 saturated carbocycles. The first-order valence-corrected chi connectivity index (χ1v) is 9.78. The van der Waals surface area contributed by atoms with Gasteiger partial charge in [0.1, 0.15) is 12.3 Å². The van der Waals surface area contributed by atoms with E-state index in [0.29, 0.717) is 11.4 Å². The van der Waals surface area contributed by atoms with Crippen LogP contribution in [0.25, 0.3) is 5.69 Å². The van der Waals surface area contributed by atoms with Gasteiger partial charge in [-0.05, 0) is 37.5 Å². The maximum Gasteiger partial charge on any atom is 0.321 e. The molecule has 1 aromatic heterocycles. The van der Waals surface area contributed by atoms with Crippen molar-refractivity contribution in [3.63, 3.8) is 0 Å². The minimum atomic E-state index is -0.768. The highest BCUT2D eigenvalue weighted by Gasteiger charge is 2.13. The zero-order valence-corrected chi connectivity index (χ0v) is 17.1. The third kappa shape index (κ3) is 5.05. The monoisotopic (exact) mass is 407 g/mol. The lowest BCUT2D eigenvalue weighted by atomic mass is 10.1. The summed E-state index contributed by atoms with van der Waals surface area (Å²) in [7, 11) is 1.49. The van der Waals surface area contributed by atoms with E-state index in [1.807, 2.05) is 37.3 Å². The van der Waals surface area contributed by atoms with Gasteiger partial charge in [0, 0.05) is 18.4 Å². The molecule has 2 aromatic carbocycles. The Bertz CT molecular complexity index is 1120. The Morgan fingerprint density at radius 3 is 2.43 bits per heavy atom. The minimum Gasteiger partial charge on any atom is -0.495 e. The number of hydrogen-bond acceptors (Lipinski definition) is 4. The number of hydrogen-bond donors (Lipinski definition) is 1. The molecule has 7 heteroatoms. The molecule has 0 fully saturated rings. The fraction of sp³-hybridized carbons (Fsp3) is 0.261. The van der Waals surface area contributed by atoms with Gasteiger partial charge in [0.25, 0.3) is 0 Å². The fourth-order valence-corrected chi connectivity index (χ4v) is 3.23. The molecule has 7 nitrogen and oxygen atoms in total. The number of carbonyl (C=O) groups is 1. The largest absolute Gasteiger partial charge is 0.495 e.